The number of methoxy groups -OCH3 is 1. The number of nitrogens with zero attached hydrogens (tertiary/aromatic N) is 1. The number of amides is 2. The molecule has 0 saturated heterocycles. The van der Waals surface area contributed by atoms with Crippen LogP contribution in [0.15, 0.2) is 65.3 Å². The quantitative estimate of drug-likeness (QED) is 0.678. The largest absolute Gasteiger partial charge is 0.493 e. The summed E-state index contributed by atoms with van der Waals surface area (Å²) in [5.41, 5.74) is 2.83. The van der Waals surface area contributed by atoms with E-state index in [1.807, 2.05) is 30.3 Å². The molecule has 1 aromatic heterocycles. The van der Waals surface area contributed by atoms with E-state index in [9.17, 15) is 9.59 Å². The number of nitrogens with one attached hydrogen (secondary N) is 1. The molecule has 0 fully saturated rings. The lowest BCUT2D eigenvalue weighted by molar-refractivity contribution is -0.118. The molecule has 7 heteroatoms. The highest BCUT2D eigenvalue weighted by Gasteiger charge is 2.23. The summed E-state index contributed by atoms with van der Waals surface area (Å²) in [7, 11) is 1.55. The van der Waals surface area contributed by atoms with Crippen LogP contribution in [0, 0.1) is 0 Å². The highest BCUT2D eigenvalue weighted by atomic mass is 16.5. The van der Waals surface area contributed by atoms with Crippen LogP contribution >= 0.6 is 0 Å². The second-order valence-electron chi connectivity index (χ2n) is 6.93. The SMILES string of the molecule is COc1ccccc1OCC(=O)Nc1ccc2c(c1)CN(C(=O)c1ccco1)CC2. The Morgan fingerprint density at radius 3 is 2.67 bits per heavy atom. The first kappa shape index (κ1) is 19.6. The molecule has 0 atom stereocenters. The summed E-state index contributed by atoms with van der Waals surface area (Å²) in [4.78, 5) is 26.6. The molecule has 0 aliphatic carbocycles. The van der Waals surface area contributed by atoms with Crippen molar-refractivity contribution in [2.75, 3.05) is 25.6 Å². The Bertz CT molecular complexity index is 1050. The van der Waals surface area contributed by atoms with Crippen LogP contribution in [0.3, 0.4) is 0 Å². The number of rotatable bonds is 6. The van der Waals surface area contributed by atoms with Crippen molar-refractivity contribution < 1.29 is 23.5 Å². The van der Waals surface area contributed by atoms with Crippen molar-refractivity contribution >= 4 is 17.5 Å². The van der Waals surface area contributed by atoms with Gasteiger partial charge in [0.15, 0.2) is 23.9 Å². The predicted octanol–water partition coefficient (Wildman–Crippen LogP) is 3.50. The van der Waals surface area contributed by atoms with Crippen molar-refractivity contribution in [1.29, 1.82) is 0 Å². The van der Waals surface area contributed by atoms with Crippen LogP contribution in [-0.2, 0) is 17.8 Å². The van der Waals surface area contributed by atoms with Gasteiger partial charge in [0.05, 0.1) is 13.4 Å². The monoisotopic (exact) mass is 406 g/mol. The third-order valence-electron chi connectivity index (χ3n) is 4.95. The van der Waals surface area contributed by atoms with Crippen LogP contribution in [0.5, 0.6) is 11.5 Å². The second-order valence-corrected chi connectivity index (χ2v) is 6.93. The Morgan fingerprint density at radius 2 is 1.90 bits per heavy atom. The lowest BCUT2D eigenvalue weighted by atomic mass is 9.99. The Labute approximate surface area is 174 Å². The number of carbonyl (C=O) groups excluding carboxylic acids is 2. The van der Waals surface area contributed by atoms with Crippen molar-refractivity contribution in [1.82, 2.24) is 4.90 Å². The van der Waals surface area contributed by atoms with E-state index in [0.29, 0.717) is 36.0 Å². The summed E-state index contributed by atoms with van der Waals surface area (Å²) in [6.45, 7) is 0.960. The zero-order chi connectivity index (χ0) is 20.9. The number of ether oxygens (including phenoxy) is 2. The number of furan rings is 1. The van der Waals surface area contributed by atoms with Gasteiger partial charge in [-0.25, -0.2) is 0 Å². The van der Waals surface area contributed by atoms with Crippen molar-refractivity contribution in [3.63, 3.8) is 0 Å². The minimum atomic E-state index is -0.278. The summed E-state index contributed by atoms with van der Waals surface area (Å²) >= 11 is 0. The van der Waals surface area contributed by atoms with Gasteiger partial charge >= 0.3 is 0 Å². The molecule has 0 unspecified atom stereocenters. The van der Waals surface area contributed by atoms with Gasteiger partial charge in [-0.05, 0) is 53.9 Å². The third-order valence-corrected chi connectivity index (χ3v) is 4.95. The molecule has 2 amide bonds. The molecule has 154 valence electrons. The van der Waals surface area contributed by atoms with Gasteiger partial charge in [0.1, 0.15) is 0 Å². The van der Waals surface area contributed by atoms with Gasteiger partial charge in [-0.3, -0.25) is 9.59 Å². The number of fused-ring (bicyclic) bond motifs is 1. The molecule has 2 aromatic carbocycles. The van der Waals surface area contributed by atoms with Crippen LogP contribution in [0.25, 0.3) is 0 Å². The molecule has 0 bridgehead atoms. The molecule has 30 heavy (non-hydrogen) atoms. The fourth-order valence-corrected chi connectivity index (χ4v) is 3.44. The summed E-state index contributed by atoms with van der Waals surface area (Å²) in [5.74, 6) is 0.995. The summed E-state index contributed by atoms with van der Waals surface area (Å²) in [6.07, 6.45) is 2.25. The molecule has 4 rings (SSSR count). The van der Waals surface area contributed by atoms with Crippen LogP contribution < -0.4 is 14.8 Å². The maximum atomic E-state index is 12.5. The van der Waals surface area contributed by atoms with Gasteiger partial charge in [-0.1, -0.05) is 18.2 Å². The Hall–Kier alpha value is -3.74. The van der Waals surface area contributed by atoms with Crippen LogP contribution in [0.2, 0.25) is 0 Å². The fraction of sp³-hybridized carbons (Fsp3) is 0.217. The zero-order valence-electron chi connectivity index (χ0n) is 16.6. The Morgan fingerprint density at radius 1 is 1.07 bits per heavy atom. The van der Waals surface area contributed by atoms with E-state index >= 15 is 0 Å². The highest BCUT2D eigenvalue weighted by molar-refractivity contribution is 5.93. The minimum absolute atomic E-state index is 0.134. The average Bonchev–Trinajstić information content (AvgIpc) is 3.32. The molecule has 1 aliphatic rings. The van der Waals surface area contributed by atoms with Gasteiger partial charge in [-0.15, -0.1) is 0 Å². The molecule has 1 aliphatic heterocycles. The standard InChI is InChI=1S/C23H22N2O5/c1-28-19-5-2-3-6-20(19)30-15-22(26)24-18-9-8-16-10-11-25(14-17(16)13-18)23(27)21-7-4-12-29-21/h2-9,12-13H,10-11,14-15H2,1H3,(H,24,26). The Balaban J connectivity index is 1.38. The van der Waals surface area contributed by atoms with E-state index in [4.69, 9.17) is 13.9 Å². The van der Waals surface area contributed by atoms with Gasteiger partial charge in [0, 0.05) is 18.8 Å². The molecular weight excluding hydrogens is 384 g/mol. The van der Waals surface area contributed by atoms with Crippen LogP contribution in [0.4, 0.5) is 5.69 Å². The van der Waals surface area contributed by atoms with E-state index < -0.39 is 0 Å². The van der Waals surface area contributed by atoms with Crippen molar-refractivity contribution in [2.24, 2.45) is 0 Å². The normalized spacial score (nSPS) is 12.8. The first-order chi connectivity index (χ1) is 14.6. The molecule has 0 radical (unpaired) electrons. The van der Waals surface area contributed by atoms with Gasteiger partial charge in [0.2, 0.25) is 0 Å². The molecule has 2 heterocycles. The van der Waals surface area contributed by atoms with Gasteiger partial charge < -0.3 is 24.1 Å². The van der Waals surface area contributed by atoms with Crippen LogP contribution in [0.1, 0.15) is 21.7 Å². The van der Waals surface area contributed by atoms with Crippen molar-refractivity contribution in [3.8, 4) is 11.5 Å². The first-order valence-electron chi connectivity index (χ1n) is 9.64. The lowest BCUT2D eigenvalue weighted by Gasteiger charge is -2.28. The topological polar surface area (TPSA) is 81.0 Å². The van der Waals surface area contributed by atoms with E-state index in [1.54, 1.807) is 36.3 Å². The van der Waals surface area contributed by atoms with Crippen molar-refractivity contribution in [3.05, 3.63) is 77.7 Å². The molecule has 0 saturated carbocycles. The van der Waals surface area contributed by atoms with Gasteiger partial charge in [0.25, 0.3) is 11.8 Å². The number of hydrogen-bond acceptors (Lipinski definition) is 5. The maximum absolute atomic E-state index is 12.5. The number of benzene rings is 2. The summed E-state index contributed by atoms with van der Waals surface area (Å²) in [5, 5.41) is 2.84. The summed E-state index contributed by atoms with van der Waals surface area (Å²) in [6, 6.07) is 16.3. The lowest BCUT2D eigenvalue weighted by Crippen LogP contribution is -2.35. The molecule has 1 N–H and O–H groups in total. The van der Waals surface area contributed by atoms with E-state index in [-0.39, 0.29) is 18.4 Å². The Kier molecular flexibility index (Phi) is 5.70. The summed E-state index contributed by atoms with van der Waals surface area (Å²) < 4.78 is 16.0. The highest BCUT2D eigenvalue weighted by Crippen LogP contribution is 2.26. The molecular formula is C23H22N2O5. The third kappa shape index (κ3) is 4.30. The molecule has 7 nitrogen and oxygen atoms in total. The number of carbonyl (C=O) groups is 2. The minimum Gasteiger partial charge on any atom is -0.493 e. The zero-order valence-corrected chi connectivity index (χ0v) is 16.6. The number of anilines is 1. The maximum Gasteiger partial charge on any atom is 0.289 e. The van der Waals surface area contributed by atoms with E-state index in [0.717, 1.165) is 12.0 Å². The number of para-hydroxylation sites is 2. The van der Waals surface area contributed by atoms with E-state index in [2.05, 4.69) is 5.32 Å². The predicted molar refractivity (Wildman–Crippen MR) is 111 cm³/mol. The smallest absolute Gasteiger partial charge is 0.289 e. The van der Waals surface area contributed by atoms with Crippen LogP contribution in [-0.4, -0.2) is 37.0 Å². The van der Waals surface area contributed by atoms with Crippen molar-refractivity contribution in [2.45, 2.75) is 13.0 Å². The molecule has 3 aromatic rings. The molecule has 0 spiro atoms. The average molecular weight is 406 g/mol. The fourth-order valence-electron chi connectivity index (χ4n) is 3.44. The first-order valence-corrected chi connectivity index (χ1v) is 9.64. The second kappa shape index (κ2) is 8.73. The van der Waals surface area contributed by atoms with E-state index in [1.165, 1.54) is 11.8 Å². The van der Waals surface area contributed by atoms with Gasteiger partial charge in [-0.2, -0.15) is 0 Å². The number of hydrogen-bond donors (Lipinski definition) is 1.